The van der Waals surface area contributed by atoms with Crippen molar-refractivity contribution in [2.45, 2.75) is 0 Å². The van der Waals surface area contributed by atoms with Gasteiger partial charge in [0.1, 0.15) is 0 Å². The molecule has 0 aromatic heterocycles. The number of aromatic carboxylic acids is 1. The largest absolute Gasteiger partial charge is 0.478 e. The lowest BCUT2D eigenvalue weighted by Gasteiger charge is -2.03. The molecule has 62 valence electrons. The first-order valence-electron chi connectivity index (χ1n) is 3.40. The molecule has 12 heavy (non-hydrogen) atoms. The van der Waals surface area contributed by atoms with E-state index in [1.54, 1.807) is 18.2 Å². The summed E-state index contributed by atoms with van der Waals surface area (Å²) in [5.41, 5.74) is 6.33. The molecule has 0 radical (unpaired) electrons. The fraction of sp³-hybridized carbons (Fsp3) is 0. The Bertz CT molecular complexity index is 298. The number of rotatable bonds is 2. The summed E-state index contributed by atoms with van der Waals surface area (Å²) in [5, 5.41) is 8.72. The molecule has 0 aliphatic carbocycles. The van der Waals surface area contributed by atoms with E-state index in [9.17, 15) is 4.79 Å². The lowest BCUT2D eigenvalue weighted by molar-refractivity contribution is 0.0696. The number of benzene rings is 1. The molecule has 0 aliphatic rings. The number of carboxylic acids is 1. The summed E-state index contributed by atoms with van der Waals surface area (Å²) in [4.78, 5) is 10.6. The molecule has 1 aromatic carbocycles. The highest BCUT2D eigenvalue weighted by molar-refractivity contribution is 5.93. The van der Waals surface area contributed by atoms with Gasteiger partial charge in [-0.25, -0.2) is 4.79 Å². The molecule has 3 nitrogen and oxygen atoms in total. The average molecular weight is 163 g/mol. The van der Waals surface area contributed by atoms with Crippen molar-refractivity contribution in [3.8, 4) is 0 Å². The maximum atomic E-state index is 10.6. The Hall–Kier alpha value is -1.77. The van der Waals surface area contributed by atoms with Crippen molar-refractivity contribution < 1.29 is 9.90 Å². The minimum Gasteiger partial charge on any atom is -0.478 e. The molecule has 3 heteroatoms. The van der Waals surface area contributed by atoms with E-state index in [-0.39, 0.29) is 11.3 Å². The molecule has 1 aromatic rings. The summed E-state index contributed by atoms with van der Waals surface area (Å²) < 4.78 is 0. The van der Waals surface area contributed by atoms with Crippen molar-refractivity contribution in [2.75, 3.05) is 0 Å². The van der Waals surface area contributed by atoms with E-state index in [0.29, 0.717) is 5.56 Å². The van der Waals surface area contributed by atoms with Gasteiger partial charge in [-0.3, -0.25) is 0 Å². The Labute approximate surface area is 70.1 Å². The molecule has 0 atom stereocenters. The predicted octanol–water partition coefficient (Wildman–Crippen LogP) is 1.31. The second kappa shape index (κ2) is 3.09. The van der Waals surface area contributed by atoms with Crippen LogP contribution >= 0.6 is 0 Å². The quantitative estimate of drug-likeness (QED) is 0.691. The van der Waals surface area contributed by atoms with Crippen molar-refractivity contribution >= 4 is 11.7 Å². The zero-order valence-corrected chi connectivity index (χ0v) is 6.45. The number of carbonyl (C=O) groups is 1. The smallest absolute Gasteiger partial charge is 0.336 e. The molecule has 0 saturated carbocycles. The maximum Gasteiger partial charge on any atom is 0.336 e. The van der Waals surface area contributed by atoms with Crippen LogP contribution in [0, 0.1) is 0 Å². The van der Waals surface area contributed by atoms with E-state index in [1.165, 1.54) is 6.07 Å². The molecule has 0 fully saturated rings. The molecule has 0 spiro atoms. The molecule has 0 amide bonds. The summed E-state index contributed by atoms with van der Waals surface area (Å²) in [6.07, 6.45) is 0. The minimum atomic E-state index is -0.989. The highest BCUT2D eigenvalue weighted by atomic mass is 16.4. The van der Waals surface area contributed by atoms with Crippen LogP contribution in [0.5, 0.6) is 0 Å². The number of nitrogens with two attached hydrogens (primary N) is 1. The van der Waals surface area contributed by atoms with Gasteiger partial charge in [-0.1, -0.05) is 24.8 Å². The lowest BCUT2D eigenvalue weighted by atomic mass is 10.1. The third-order valence-electron chi connectivity index (χ3n) is 1.50. The summed E-state index contributed by atoms with van der Waals surface area (Å²) >= 11 is 0. The second-order valence-electron chi connectivity index (χ2n) is 2.38. The molecule has 1 rings (SSSR count). The van der Waals surface area contributed by atoms with Crippen LogP contribution in [0.25, 0.3) is 5.70 Å². The van der Waals surface area contributed by atoms with E-state index in [1.807, 2.05) is 0 Å². The first kappa shape index (κ1) is 8.33. The van der Waals surface area contributed by atoms with Crippen LogP contribution < -0.4 is 5.73 Å². The van der Waals surface area contributed by atoms with Gasteiger partial charge in [0.25, 0.3) is 0 Å². The van der Waals surface area contributed by atoms with E-state index in [2.05, 4.69) is 6.58 Å². The van der Waals surface area contributed by atoms with Crippen molar-refractivity contribution in [3.05, 3.63) is 42.0 Å². The Kier molecular flexibility index (Phi) is 2.14. The van der Waals surface area contributed by atoms with Gasteiger partial charge < -0.3 is 10.8 Å². The summed E-state index contributed by atoms with van der Waals surface area (Å²) in [6, 6.07) is 6.50. The first-order chi connectivity index (χ1) is 5.63. The highest BCUT2D eigenvalue weighted by Crippen LogP contribution is 2.13. The van der Waals surface area contributed by atoms with E-state index in [4.69, 9.17) is 10.8 Å². The topological polar surface area (TPSA) is 63.3 Å². The van der Waals surface area contributed by atoms with E-state index in [0.717, 1.165) is 0 Å². The van der Waals surface area contributed by atoms with Crippen LogP contribution in [0.2, 0.25) is 0 Å². The van der Waals surface area contributed by atoms with Gasteiger partial charge in [-0.05, 0) is 6.07 Å². The second-order valence-corrected chi connectivity index (χ2v) is 2.38. The molecule has 0 unspecified atom stereocenters. The van der Waals surface area contributed by atoms with Crippen LogP contribution in [-0.4, -0.2) is 11.1 Å². The Morgan fingerprint density at radius 1 is 1.33 bits per heavy atom. The molecule has 0 heterocycles. The van der Waals surface area contributed by atoms with Crippen LogP contribution in [0.4, 0.5) is 0 Å². The van der Waals surface area contributed by atoms with Crippen LogP contribution in [-0.2, 0) is 0 Å². The Morgan fingerprint density at radius 3 is 2.17 bits per heavy atom. The van der Waals surface area contributed by atoms with Gasteiger partial charge in [0.05, 0.1) is 5.56 Å². The van der Waals surface area contributed by atoms with Gasteiger partial charge in [0, 0.05) is 11.3 Å². The lowest BCUT2D eigenvalue weighted by Crippen LogP contribution is -2.04. The number of carboxylic acid groups (broad SMARTS) is 1. The SMILES string of the molecule is C=C(N)c1ccccc1C(=O)O. The van der Waals surface area contributed by atoms with Crippen LogP contribution in [0.1, 0.15) is 15.9 Å². The fourth-order valence-corrected chi connectivity index (χ4v) is 0.950. The van der Waals surface area contributed by atoms with Crippen molar-refractivity contribution in [2.24, 2.45) is 5.73 Å². The van der Waals surface area contributed by atoms with E-state index < -0.39 is 5.97 Å². The van der Waals surface area contributed by atoms with E-state index >= 15 is 0 Å². The summed E-state index contributed by atoms with van der Waals surface area (Å²) in [7, 11) is 0. The van der Waals surface area contributed by atoms with Gasteiger partial charge in [-0.15, -0.1) is 0 Å². The normalized spacial score (nSPS) is 9.33. The van der Waals surface area contributed by atoms with Gasteiger partial charge in [0.2, 0.25) is 0 Å². The summed E-state index contributed by atoms with van der Waals surface area (Å²) in [6.45, 7) is 3.48. The number of hydrogen-bond donors (Lipinski definition) is 2. The van der Waals surface area contributed by atoms with Crippen molar-refractivity contribution in [3.63, 3.8) is 0 Å². The average Bonchev–Trinajstić information content (AvgIpc) is 2.04. The number of hydrogen-bond acceptors (Lipinski definition) is 2. The standard InChI is InChI=1S/C9H9NO2/c1-6(10)7-4-2-3-5-8(7)9(11)12/h2-5H,1,10H2,(H,11,12). The Balaban J connectivity index is 3.27. The van der Waals surface area contributed by atoms with Crippen molar-refractivity contribution in [1.82, 2.24) is 0 Å². The Morgan fingerprint density at radius 2 is 1.83 bits per heavy atom. The molecule has 3 N–H and O–H groups in total. The minimum absolute atomic E-state index is 0.185. The van der Waals surface area contributed by atoms with Gasteiger partial charge >= 0.3 is 5.97 Å². The summed E-state index contributed by atoms with van der Waals surface area (Å²) in [5.74, 6) is -0.989. The molecular weight excluding hydrogens is 154 g/mol. The molecule has 0 aliphatic heterocycles. The van der Waals surface area contributed by atoms with Crippen LogP contribution in [0.15, 0.2) is 30.8 Å². The zero-order valence-electron chi connectivity index (χ0n) is 6.45. The third kappa shape index (κ3) is 1.45. The third-order valence-corrected chi connectivity index (χ3v) is 1.50. The first-order valence-corrected chi connectivity index (χ1v) is 3.40. The highest BCUT2D eigenvalue weighted by Gasteiger charge is 2.08. The monoisotopic (exact) mass is 163 g/mol. The van der Waals surface area contributed by atoms with Crippen LogP contribution in [0.3, 0.4) is 0 Å². The zero-order chi connectivity index (χ0) is 9.14. The predicted molar refractivity (Wildman–Crippen MR) is 46.6 cm³/mol. The fourth-order valence-electron chi connectivity index (χ4n) is 0.950. The van der Waals surface area contributed by atoms with Crippen molar-refractivity contribution in [1.29, 1.82) is 0 Å². The van der Waals surface area contributed by atoms with Gasteiger partial charge in [0.15, 0.2) is 0 Å². The molecule has 0 bridgehead atoms. The molecule has 0 saturated heterocycles. The molecular formula is C9H9NO2. The maximum absolute atomic E-state index is 10.6. The van der Waals surface area contributed by atoms with Gasteiger partial charge in [-0.2, -0.15) is 0 Å².